The van der Waals surface area contributed by atoms with Crippen LogP contribution in [0.25, 0.3) is 0 Å². The van der Waals surface area contributed by atoms with Gasteiger partial charge in [0, 0.05) is 25.7 Å². The first kappa shape index (κ1) is 95.1. The highest BCUT2D eigenvalue weighted by molar-refractivity contribution is 7.47. The van der Waals surface area contributed by atoms with Crippen molar-refractivity contribution in [3.05, 3.63) is 0 Å². The van der Waals surface area contributed by atoms with Crippen LogP contribution in [0.1, 0.15) is 408 Å². The van der Waals surface area contributed by atoms with E-state index in [1.54, 1.807) is 0 Å². The van der Waals surface area contributed by atoms with Gasteiger partial charge in [0.05, 0.1) is 26.4 Å². The van der Waals surface area contributed by atoms with Crippen LogP contribution >= 0.6 is 15.6 Å². The minimum Gasteiger partial charge on any atom is -0.462 e. The molecule has 0 aromatic carbocycles. The molecule has 2 unspecified atom stereocenters. The smallest absolute Gasteiger partial charge is 0.462 e. The number of ether oxygens (including phenoxy) is 4. The molecule has 0 saturated carbocycles. The molecule has 0 rings (SSSR count). The number of unbranched alkanes of at least 4 members (excludes halogenated alkanes) is 47. The molecule has 0 heterocycles. The summed E-state index contributed by atoms with van der Waals surface area (Å²) in [6, 6.07) is 0. The molecule has 19 heteroatoms. The van der Waals surface area contributed by atoms with Crippen molar-refractivity contribution in [1.82, 2.24) is 0 Å². The second kappa shape index (κ2) is 69.8. The predicted octanol–water partition coefficient (Wildman–Crippen LogP) is 23.1. The molecule has 0 aliphatic rings. The van der Waals surface area contributed by atoms with E-state index in [1.807, 2.05) is 0 Å². The van der Waals surface area contributed by atoms with Crippen LogP contribution in [-0.4, -0.2) is 96.7 Å². The van der Waals surface area contributed by atoms with Crippen LogP contribution in [-0.2, 0) is 65.4 Å². The fourth-order valence-corrected chi connectivity index (χ4v) is 13.6. The van der Waals surface area contributed by atoms with Gasteiger partial charge in [-0.3, -0.25) is 37.3 Å². The zero-order chi connectivity index (χ0) is 71.4. The Bertz CT molecular complexity index is 1870. The highest BCUT2D eigenvalue weighted by Crippen LogP contribution is 2.45. The van der Waals surface area contributed by atoms with Crippen molar-refractivity contribution in [3.8, 4) is 0 Å². The molecule has 0 aromatic heterocycles. The summed E-state index contributed by atoms with van der Waals surface area (Å²) >= 11 is 0. The van der Waals surface area contributed by atoms with Crippen LogP contribution in [0.2, 0.25) is 0 Å². The maximum atomic E-state index is 13.1. The lowest BCUT2D eigenvalue weighted by atomic mass is 10.0. The first-order valence-electron chi connectivity index (χ1n) is 40.5. The molecule has 0 fully saturated rings. The van der Waals surface area contributed by atoms with Gasteiger partial charge in [0.1, 0.15) is 19.3 Å². The summed E-state index contributed by atoms with van der Waals surface area (Å²) in [6.45, 7) is 9.53. The Kier molecular flexibility index (Phi) is 68.4. The molecule has 0 aliphatic carbocycles. The summed E-state index contributed by atoms with van der Waals surface area (Å²) in [5.74, 6) is -0.665. The molecule has 576 valence electrons. The lowest BCUT2D eigenvalue weighted by molar-refractivity contribution is -0.161. The van der Waals surface area contributed by atoms with Crippen molar-refractivity contribution in [2.24, 2.45) is 11.8 Å². The molecule has 0 radical (unpaired) electrons. The normalized spacial score (nSPS) is 14.0. The van der Waals surface area contributed by atoms with Crippen LogP contribution < -0.4 is 0 Å². The molecule has 0 spiro atoms. The number of hydrogen-bond acceptors (Lipinski definition) is 15. The van der Waals surface area contributed by atoms with E-state index in [4.69, 9.17) is 37.0 Å². The molecular formula is C78H152O17P2. The van der Waals surface area contributed by atoms with E-state index in [1.165, 1.54) is 218 Å². The van der Waals surface area contributed by atoms with Gasteiger partial charge in [-0.15, -0.1) is 0 Å². The zero-order valence-corrected chi connectivity index (χ0v) is 65.2. The van der Waals surface area contributed by atoms with Gasteiger partial charge in [0.25, 0.3) is 0 Å². The van der Waals surface area contributed by atoms with Crippen LogP contribution in [0.5, 0.6) is 0 Å². The quantitative estimate of drug-likeness (QED) is 0.0222. The first-order chi connectivity index (χ1) is 46.9. The predicted molar refractivity (Wildman–Crippen MR) is 395 cm³/mol. The van der Waals surface area contributed by atoms with Crippen LogP contribution in [0.3, 0.4) is 0 Å². The van der Waals surface area contributed by atoms with E-state index in [0.717, 1.165) is 102 Å². The molecule has 0 bridgehead atoms. The molecule has 17 nitrogen and oxygen atoms in total. The average Bonchev–Trinajstić information content (AvgIpc) is 1.48. The van der Waals surface area contributed by atoms with Gasteiger partial charge in [-0.2, -0.15) is 0 Å². The second-order valence-electron chi connectivity index (χ2n) is 29.1. The largest absolute Gasteiger partial charge is 0.472 e. The van der Waals surface area contributed by atoms with Gasteiger partial charge in [-0.1, -0.05) is 356 Å². The third kappa shape index (κ3) is 72.2. The number of aliphatic hydroxyl groups excluding tert-OH is 1. The van der Waals surface area contributed by atoms with Crippen molar-refractivity contribution in [2.75, 3.05) is 39.6 Å². The lowest BCUT2D eigenvalue weighted by Gasteiger charge is -2.21. The number of hydrogen-bond donors (Lipinski definition) is 3. The number of carbonyl (C=O) groups excluding carboxylic acids is 4. The number of phosphoric acid groups is 2. The third-order valence-electron chi connectivity index (χ3n) is 18.2. The number of rotatable bonds is 77. The van der Waals surface area contributed by atoms with Crippen molar-refractivity contribution >= 4 is 39.5 Å². The fraction of sp³-hybridized carbons (Fsp3) is 0.949. The molecule has 97 heavy (non-hydrogen) atoms. The van der Waals surface area contributed by atoms with Crippen molar-refractivity contribution in [3.63, 3.8) is 0 Å². The Balaban J connectivity index is 5.20. The van der Waals surface area contributed by atoms with E-state index in [-0.39, 0.29) is 25.7 Å². The van der Waals surface area contributed by atoms with Gasteiger partial charge in [0.15, 0.2) is 12.2 Å². The van der Waals surface area contributed by atoms with E-state index in [0.29, 0.717) is 31.6 Å². The van der Waals surface area contributed by atoms with Gasteiger partial charge >= 0.3 is 39.5 Å². The van der Waals surface area contributed by atoms with Gasteiger partial charge in [0.2, 0.25) is 0 Å². The monoisotopic (exact) mass is 1420 g/mol. The first-order valence-corrected chi connectivity index (χ1v) is 43.5. The standard InChI is InChI=1S/C78H152O17P2/c1-7-9-11-13-15-17-19-21-22-23-24-25-26-27-28-30-34-39-43-51-57-63-77(82)94-73(66-88-75(80)60-54-48-41-37-35-31-32-36-40-46-52-58-70(3)4)68-92-96(84,85)90-64-72(79)65-91-97(86,87)93-69-74(67-89-76(81)61-55-49-45-44-47-53-59-71(5)6)95-78(83)62-56-50-42-38-33-29-20-18-16-14-12-10-8-2/h70-74,79H,7-69H2,1-6H3,(H,84,85)(H,86,87)/t72-,73-,74-/m1/s1. The third-order valence-corrected chi connectivity index (χ3v) is 20.1. The summed E-state index contributed by atoms with van der Waals surface area (Å²) in [6.07, 6.45) is 58.5. The van der Waals surface area contributed by atoms with E-state index < -0.39 is 97.5 Å². The number of carbonyl (C=O) groups is 4. The van der Waals surface area contributed by atoms with Crippen molar-refractivity contribution in [2.45, 2.75) is 426 Å². The Morgan fingerprint density at radius 2 is 0.474 bits per heavy atom. The van der Waals surface area contributed by atoms with Crippen LogP contribution in [0.15, 0.2) is 0 Å². The summed E-state index contributed by atoms with van der Waals surface area (Å²) in [4.78, 5) is 72.8. The summed E-state index contributed by atoms with van der Waals surface area (Å²) < 4.78 is 68.5. The Morgan fingerprint density at radius 3 is 0.701 bits per heavy atom. The molecule has 0 saturated heterocycles. The second-order valence-corrected chi connectivity index (χ2v) is 32.0. The maximum Gasteiger partial charge on any atom is 0.472 e. The molecular weight excluding hydrogens is 1270 g/mol. The summed E-state index contributed by atoms with van der Waals surface area (Å²) in [7, 11) is -9.91. The minimum atomic E-state index is -4.96. The highest BCUT2D eigenvalue weighted by Gasteiger charge is 2.30. The van der Waals surface area contributed by atoms with Crippen LogP contribution in [0.4, 0.5) is 0 Å². The maximum absolute atomic E-state index is 13.1. The molecule has 3 N–H and O–H groups in total. The van der Waals surface area contributed by atoms with Crippen molar-refractivity contribution < 1.29 is 80.2 Å². The average molecular weight is 1420 g/mol. The van der Waals surface area contributed by atoms with Crippen molar-refractivity contribution in [1.29, 1.82) is 0 Å². The molecule has 5 atom stereocenters. The number of esters is 4. The minimum absolute atomic E-state index is 0.107. The molecule has 0 amide bonds. The van der Waals surface area contributed by atoms with Crippen LogP contribution in [0, 0.1) is 11.8 Å². The van der Waals surface area contributed by atoms with Gasteiger partial charge in [-0.05, 0) is 37.5 Å². The SMILES string of the molecule is CCCCCCCCCCCCCCCCCCCCCCCC(=O)O[C@H](COC(=O)CCCCCCCCCCCCCC(C)C)COP(=O)(O)OC[C@@H](O)COP(=O)(O)OC[C@@H](COC(=O)CCCCCCCCC(C)C)OC(=O)CCCCCCCCCCCCCCC. The summed E-state index contributed by atoms with van der Waals surface area (Å²) in [5, 5.41) is 10.6. The lowest BCUT2D eigenvalue weighted by Crippen LogP contribution is -2.30. The number of phosphoric ester groups is 2. The Hall–Kier alpha value is -1.94. The zero-order valence-electron chi connectivity index (χ0n) is 63.4. The van der Waals surface area contributed by atoms with Gasteiger partial charge < -0.3 is 33.8 Å². The molecule has 0 aromatic rings. The number of aliphatic hydroxyl groups is 1. The van der Waals surface area contributed by atoms with Gasteiger partial charge in [-0.25, -0.2) is 9.13 Å². The van der Waals surface area contributed by atoms with E-state index in [2.05, 4.69) is 41.5 Å². The van der Waals surface area contributed by atoms with E-state index >= 15 is 0 Å². The Labute approximate surface area is 594 Å². The molecule has 0 aliphatic heterocycles. The summed E-state index contributed by atoms with van der Waals surface area (Å²) in [5.41, 5.74) is 0. The topological polar surface area (TPSA) is 237 Å². The van der Waals surface area contributed by atoms with E-state index in [9.17, 15) is 43.2 Å². The highest BCUT2D eigenvalue weighted by atomic mass is 31.2. The fourth-order valence-electron chi connectivity index (χ4n) is 12.0. The Morgan fingerprint density at radius 1 is 0.278 bits per heavy atom.